The van der Waals surface area contributed by atoms with E-state index in [0.29, 0.717) is 33.8 Å². The van der Waals surface area contributed by atoms with Gasteiger partial charge in [-0.1, -0.05) is 40.2 Å². The first-order valence-electron chi connectivity index (χ1n) is 8.97. The molecule has 0 aliphatic carbocycles. The highest BCUT2D eigenvalue weighted by atomic mass is 79.9. The minimum absolute atomic E-state index is 0.0535. The van der Waals surface area contributed by atoms with Crippen LogP contribution in [0.15, 0.2) is 71.2 Å². The number of carbonyl (C=O) groups is 2. The average molecular weight is 451 g/mol. The molecule has 29 heavy (non-hydrogen) atoms. The van der Waals surface area contributed by atoms with Crippen molar-refractivity contribution in [3.05, 3.63) is 87.9 Å². The van der Waals surface area contributed by atoms with Crippen LogP contribution in [-0.2, 0) is 10.5 Å². The third kappa shape index (κ3) is 2.66. The van der Waals surface area contributed by atoms with Gasteiger partial charge < -0.3 is 15.2 Å². The summed E-state index contributed by atoms with van der Waals surface area (Å²) in [5.41, 5.74) is 0.603. The predicted molar refractivity (Wildman–Crippen MR) is 111 cm³/mol. The van der Waals surface area contributed by atoms with Gasteiger partial charge >= 0.3 is 0 Å². The molecule has 1 atom stereocenters. The third-order valence-electron chi connectivity index (χ3n) is 5.14. The van der Waals surface area contributed by atoms with E-state index in [2.05, 4.69) is 21.2 Å². The zero-order chi connectivity index (χ0) is 20.2. The molecule has 3 aromatic rings. The van der Waals surface area contributed by atoms with Crippen molar-refractivity contribution < 1.29 is 19.4 Å². The van der Waals surface area contributed by atoms with Gasteiger partial charge in [-0.25, -0.2) is 0 Å². The van der Waals surface area contributed by atoms with Crippen molar-refractivity contribution in [3.63, 3.8) is 0 Å². The summed E-state index contributed by atoms with van der Waals surface area (Å²) in [5.74, 6) is -0.0591. The van der Waals surface area contributed by atoms with Crippen molar-refractivity contribution in [1.82, 2.24) is 0 Å². The first kappa shape index (κ1) is 17.9. The van der Waals surface area contributed by atoms with E-state index < -0.39 is 5.72 Å². The van der Waals surface area contributed by atoms with Crippen molar-refractivity contribution in [2.45, 2.75) is 5.72 Å². The van der Waals surface area contributed by atoms with Crippen molar-refractivity contribution in [3.8, 4) is 5.75 Å². The fourth-order valence-corrected chi connectivity index (χ4v) is 4.25. The van der Waals surface area contributed by atoms with Gasteiger partial charge in [0.15, 0.2) is 12.3 Å². The Morgan fingerprint density at radius 3 is 2.69 bits per heavy atom. The largest absolute Gasteiger partial charge is 0.482 e. The van der Waals surface area contributed by atoms with Gasteiger partial charge in [-0.2, -0.15) is 0 Å². The number of aliphatic hydroxyl groups is 1. The van der Waals surface area contributed by atoms with E-state index in [0.717, 1.165) is 4.47 Å². The maximum atomic E-state index is 13.3. The van der Waals surface area contributed by atoms with Gasteiger partial charge in [-0.3, -0.25) is 14.5 Å². The van der Waals surface area contributed by atoms with E-state index in [1.165, 1.54) is 4.90 Å². The summed E-state index contributed by atoms with van der Waals surface area (Å²) in [6, 6.07) is 19.2. The van der Waals surface area contributed by atoms with Crippen LogP contribution in [-0.4, -0.2) is 23.5 Å². The highest BCUT2D eigenvalue weighted by Crippen LogP contribution is 2.46. The van der Waals surface area contributed by atoms with Crippen molar-refractivity contribution in [1.29, 1.82) is 0 Å². The Hall–Kier alpha value is -3.16. The fraction of sp³-hybridized carbons (Fsp3) is 0.0909. The Labute approximate surface area is 174 Å². The number of hydrogen-bond donors (Lipinski definition) is 2. The Morgan fingerprint density at radius 1 is 1.03 bits per heavy atom. The van der Waals surface area contributed by atoms with Crippen LogP contribution < -0.4 is 15.0 Å². The van der Waals surface area contributed by atoms with Crippen molar-refractivity contribution in [2.75, 3.05) is 16.8 Å². The number of fused-ring (bicyclic) bond motifs is 2. The van der Waals surface area contributed by atoms with Gasteiger partial charge in [-0.15, -0.1) is 0 Å². The molecule has 2 heterocycles. The van der Waals surface area contributed by atoms with Gasteiger partial charge in [0.1, 0.15) is 5.75 Å². The number of carbonyl (C=O) groups excluding carboxylic acids is 2. The van der Waals surface area contributed by atoms with Crippen LogP contribution in [0, 0.1) is 0 Å². The molecule has 2 N–H and O–H groups in total. The fourth-order valence-electron chi connectivity index (χ4n) is 3.87. The number of nitrogens with one attached hydrogen (secondary N) is 1. The number of halogens is 1. The molecule has 6 nitrogen and oxygen atoms in total. The Kier molecular flexibility index (Phi) is 3.97. The van der Waals surface area contributed by atoms with Crippen molar-refractivity contribution >= 4 is 39.1 Å². The maximum absolute atomic E-state index is 13.3. The minimum Gasteiger partial charge on any atom is -0.482 e. The van der Waals surface area contributed by atoms with Crippen LogP contribution in [0.4, 0.5) is 11.4 Å². The second-order valence-corrected chi connectivity index (χ2v) is 7.80. The zero-order valence-corrected chi connectivity index (χ0v) is 16.6. The number of anilines is 2. The average Bonchev–Trinajstić information content (AvgIpc) is 2.96. The lowest BCUT2D eigenvalue weighted by Crippen LogP contribution is -2.45. The highest BCUT2D eigenvalue weighted by Gasteiger charge is 2.51. The number of amides is 2. The monoisotopic (exact) mass is 450 g/mol. The lowest BCUT2D eigenvalue weighted by Gasteiger charge is -2.35. The van der Waals surface area contributed by atoms with Gasteiger partial charge in [0.25, 0.3) is 11.8 Å². The molecule has 0 bridgehead atoms. The molecular weight excluding hydrogens is 436 g/mol. The number of nitrogens with zero attached hydrogens (tertiary/aromatic N) is 1. The lowest BCUT2D eigenvalue weighted by atomic mass is 9.93. The van der Waals surface area contributed by atoms with Crippen molar-refractivity contribution in [2.24, 2.45) is 0 Å². The summed E-state index contributed by atoms with van der Waals surface area (Å²) >= 11 is 3.43. The summed E-state index contributed by atoms with van der Waals surface area (Å²) < 4.78 is 6.21. The second-order valence-electron chi connectivity index (χ2n) is 6.89. The van der Waals surface area contributed by atoms with Gasteiger partial charge in [0.05, 0.1) is 5.69 Å². The number of benzene rings is 3. The Morgan fingerprint density at radius 2 is 1.86 bits per heavy atom. The van der Waals surface area contributed by atoms with Crippen LogP contribution in [0.1, 0.15) is 21.5 Å². The second kappa shape index (κ2) is 6.43. The van der Waals surface area contributed by atoms with E-state index in [4.69, 9.17) is 4.74 Å². The topological polar surface area (TPSA) is 78.9 Å². The molecule has 3 aromatic carbocycles. The molecule has 2 aliphatic rings. The molecule has 0 spiro atoms. The van der Waals surface area contributed by atoms with E-state index in [1.807, 2.05) is 6.07 Å². The van der Waals surface area contributed by atoms with E-state index in [1.54, 1.807) is 60.7 Å². The summed E-state index contributed by atoms with van der Waals surface area (Å²) in [5, 5.41) is 14.7. The summed E-state index contributed by atoms with van der Waals surface area (Å²) in [4.78, 5) is 26.4. The summed E-state index contributed by atoms with van der Waals surface area (Å²) in [6.45, 7) is -0.0535. The van der Waals surface area contributed by atoms with Crippen LogP contribution >= 0.6 is 15.9 Å². The number of ether oxygens (including phenoxy) is 1. The summed E-state index contributed by atoms with van der Waals surface area (Å²) in [7, 11) is 0. The van der Waals surface area contributed by atoms with E-state index in [9.17, 15) is 14.7 Å². The smallest absolute Gasteiger partial charge is 0.262 e. The zero-order valence-electron chi connectivity index (χ0n) is 15.1. The first-order valence-corrected chi connectivity index (χ1v) is 9.77. The molecular formula is C22H15BrN2O4. The summed E-state index contributed by atoms with van der Waals surface area (Å²) in [6.07, 6.45) is 0. The molecule has 0 radical (unpaired) electrons. The van der Waals surface area contributed by atoms with Crippen LogP contribution in [0.2, 0.25) is 0 Å². The third-order valence-corrected chi connectivity index (χ3v) is 5.63. The molecule has 144 valence electrons. The number of hydrogen-bond acceptors (Lipinski definition) is 4. The van der Waals surface area contributed by atoms with Crippen LogP contribution in [0.3, 0.4) is 0 Å². The standard InChI is InChI=1S/C22H15BrN2O4/c23-14-4-3-5-15(11-14)25-21(27)16-6-1-2-7-17(16)22(25,28)13-8-9-19-18(10-13)24-20(26)12-29-19/h1-11,28H,12H2,(H,24,26). The normalized spacial score (nSPS) is 20.0. The first-order chi connectivity index (χ1) is 14.0. The lowest BCUT2D eigenvalue weighted by molar-refractivity contribution is -0.118. The van der Waals surface area contributed by atoms with Crippen LogP contribution in [0.5, 0.6) is 5.75 Å². The van der Waals surface area contributed by atoms with Gasteiger partial charge in [0.2, 0.25) is 0 Å². The quantitative estimate of drug-likeness (QED) is 0.624. The van der Waals surface area contributed by atoms with E-state index in [-0.39, 0.29) is 18.4 Å². The molecule has 2 aliphatic heterocycles. The SMILES string of the molecule is O=C1COc2ccc(C3(O)c4ccccc4C(=O)N3c3cccc(Br)c3)cc2N1. The molecule has 0 saturated carbocycles. The Balaban J connectivity index is 1.74. The molecule has 1 unspecified atom stereocenters. The molecule has 7 heteroatoms. The minimum atomic E-state index is -1.74. The highest BCUT2D eigenvalue weighted by molar-refractivity contribution is 9.10. The van der Waals surface area contributed by atoms with E-state index >= 15 is 0 Å². The van der Waals surface area contributed by atoms with Gasteiger partial charge in [-0.05, 0) is 42.5 Å². The molecule has 5 rings (SSSR count). The number of rotatable bonds is 2. The maximum Gasteiger partial charge on any atom is 0.262 e. The molecule has 0 aromatic heterocycles. The van der Waals surface area contributed by atoms with Crippen LogP contribution in [0.25, 0.3) is 0 Å². The Bertz CT molecular complexity index is 1180. The molecule has 2 amide bonds. The molecule has 0 fully saturated rings. The molecule has 0 saturated heterocycles. The predicted octanol–water partition coefficient (Wildman–Crippen LogP) is 3.63. The van der Waals surface area contributed by atoms with Gasteiger partial charge in [0, 0.05) is 26.9 Å².